The number of rotatable bonds is 6. The van der Waals surface area contributed by atoms with Gasteiger partial charge in [-0.05, 0) is 142 Å². The molecule has 0 bridgehead atoms. The summed E-state index contributed by atoms with van der Waals surface area (Å²) in [5.74, 6) is 0. The summed E-state index contributed by atoms with van der Waals surface area (Å²) in [5.41, 5.74) is 26.3. The fraction of sp³-hybridized carbons (Fsp3) is 0.0588. The maximum absolute atomic E-state index is 2.45. The molecule has 3 aliphatic carbocycles. The van der Waals surface area contributed by atoms with Gasteiger partial charge in [0.25, 0.3) is 0 Å². The third-order valence-electron chi connectivity index (χ3n) is 15.7. The molecule has 1 heteroatoms. The topological polar surface area (TPSA) is 3.24 Å². The first kappa shape index (κ1) is 39.6. The molecule has 1 spiro atoms. The van der Waals surface area contributed by atoms with Crippen molar-refractivity contribution < 1.29 is 0 Å². The van der Waals surface area contributed by atoms with Crippen LogP contribution in [0.25, 0.3) is 77.5 Å². The Balaban J connectivity index is 0.940. The molecule has 0 N–H and O–H groups in total. The number of fused-ring (bicyclic) bond motifs is 14. The van der Waals surface area contributed by atoms with Gasteiger partial charge in [-0.1, -0.05) is 226 Å². The summed E-state index contributed by atoms with van der Waals surface area (Å²) in [4.78, 5) is 2.45. The normalized spacial score (nSPS) is 13.9. The van der Waals surface area contributed by atoms with Crippen LogP contribution in [0.2, 0.25) is 0 Å². The molecule has 0 amide bonds. The quantitative estimate of drug-likeness (QED) is 0.161. The Bertz CT molecular complexity index is 3790. The minimum absolute atomic E-state index is 0.0612. The summed E-state index contributed by atoms with van der Waals surface area (Å²) in [7, 11) is 0. The molecule has 3 aliphatic rings. The highest BCUT2D eigenvalue weighted by Gasteiger charge is 2.52. The summed E-state index contributed by atoms with van der Waals surface area (Å²) >= 11 is 0. The Kier molecular flexibility index (Phi) is 8.61. The van der Waals surface area contributed by atoms with Gasteiger partial charge >= 0.3 is 0 Å². The van der Waals surface area contributed by atoms with Crippen LogP contribution in [0.15, 0.2) is 249 Å². The Morgan fingerprint density at radius 3 is 1.29 bits per heavy atom. The highest BCUT2D eigenvalue weighted by Crippen LogP contribution is 2.65. The van der Waals surface area contributed by atoms with Crippen LogP contribution in [-0.2, 0) is 10.8 Å². The van der Waals surface area contributed by atoms with E-state index in [0.29, 0.717) is 0 Å². The number of benzene rings is 11. The van der Waals surface area contributed by atoms with Gasteiger partial charge in [0.15, 0.2) is 0 Å². The van der Waals surface area contributed by atoms with E-state index in [0.717, 1.165) is 17.1 Å². The van der Waals surface area contributed by atoms with Crippen molar-refractivity contribution in [1.29, 1.82) is 0 Å². The van der Waals surface area contributed by atoms with Crippen LogP contribution in [0.1, 0.15) is 47.2 Å². The molecule has 11 aromatic rings. The van der Waals surface area contributed by atoms with E-state index in [2.05, 4.69) is 267 Å². The number of hydrogen-bond acceptors (Lipinski definition) is 1. The minimum Gasteiger partial charge on any atom is -0.310 e. The lowest BCUT2D eigenvalue weighted by atomic mass is 9.68. The predicted molar refractivity (Wildman–Crippen MR) is 289 cm³/mol. The van der Waals surface area contributed by atoms with Gasteiger partial charge in [0.2, 0.25) is 0 Å². The van der Waals surface area contributed by atoms with Gasteiger partial charge in [-0.15, -0.1) is 0 Å². The van der Waals surface area contributed by atoms with Gasteiger partial charge < -0.3 is 4.90 Å². The molecule has 11 aromatic carbocycles. The minimum atomic E-state index is -0.456. The predicted octanol–water partition coefficient (Wildman–Crippen LogP) is 18.0. The van der Waals surface area contributed by atoms with E-state index in [-0.39, 0.29) is 5.41 Å². The van der Waals surface area contributed by atoms with Crippen molar-refractivity contribution in [2.45, 2.75) is 24.7 Å². The SMILES string of the molecule is CC1(C)c2ccccc2-c2ccc(-c3ccc(N(c4ccc(-c5ccccc5)cc4)c4ccc(-c5cccc6c5C5(c7ccccc7-c7ccccc75)c5ccccc5-6)c5ccccc45)cc3)cc21. The average Bonchev–Trinajstić information content (AvgIpc) is 3.98. The summed E-state index contributed by atoms with van der Waals surface area (Å²) in [6.07, 6.45) is 0. The zero-order valence-electron chi connectivity index (χ0n) is 38.6. The molecule has 0 heterocycles. The molecule has 324 valence electrons. The molecule has 0 saturated carbocycles. The van der Waals surface area contributed by atoms with Gasteiger partial charge in [-0.3, -0.25) is 0 Å². The van der Waals surface area contributed by atoms with Crippen molar-refractivity contribution in [2.75, 3.05) is 4.90 Å². The van der Waals surface area contributed by atoms with Gasteiger partial charge in [-0.2, -0.15) is 0 Å². The Hall–Kier alpha value is -8.52. The van der Waals surface area contributed by atoms with Gasteiger partial charge in [0, 0.05) is 22.2 Å². The monoisotopic (exact) mass is 877 g/mol. The molecule has 14 rings (SSSR count). The highest BCUT2D eigenvalue weighted by atomic mass is 15.1. The van der Waals surface area contributed by atoms with E-state index in [1.807, 2.05) is 0 Å². The lowest BCUT2D eigenvalue weighted by Gasteiger charge is -2.32. The molecular formula is C68H47N. The highest BCUT2D eigenvalue weighted by molar-refractivity contribution is 6.09. The number of hydrogen-bond donors (Lipinski definition) is 0. The number of anilines is 3. The fourth-order valence-electron chi connectivity index (χ4n) is 12.6. The fourth-order valence-corrected chi connectivity index (χ4v) is 12.6. The Labute approximate surface area is 404 Å². The summed E-state index contributed by atoms with van der Waals surface area (Å²) in [6.45, 7) is 4.71. The molecule has 0 radical (unpaired) electrons. The van der Waals surface area contributed by atoms with Crippen molar-refractivity contribution in [3.63, 3.8) is 0 Å². The van der Waals surface area contributed by atoms with Crippen molar-refractivity contribution in [3.05, 3.63) is 282 Å². The molecule has 0 aromatic heterocycles. The first-order chi connectivity index (χ1) is 34.0. The van der Waals surface area contributed by atoms with Crippen molar-refractivity contribution in [2.24, 2.45) is 0 Å². The van der Waals surface area contributed by atoms with E-state index < -0.39 is 5.41 Å². The molecule has 1 nitrogen and oxygen atoms in total. The van der Waals surface area contributed by atoms with Crippen LogP contribution in [0, 0.1) is 0 Å². The first-order valence-corrected chi connectivity index (χ1v) is 24.3. The van der Waals surface area contributed by atoms with Crippen LogP contribution >= 0.6 is 0 Å². The van der Waals surface area contributed by atoms with E-state index in [1.165, 1.54) is 111 Å². The van der Waals surface area contributed by atoms with E-state index >= 15 is 0 Å². The molecule has 0 unspecified atom stereocenters. The van der Waals surface area contributed by atoms with Crippen LogP contribution in [0.3, 0.4) is 0 Å². The summed E-state index contributed by atoms with van der Waals surface area (Å²) in [6, 6.07) is 92.9. The van der Waals surface area contributed by atoms with E-state index in [9.17, 15) is 0 Å². The third kappa shape index (κ3) is 5.65. The van der Waals surface area contributed by atoms with Gasteiger partial charge in [0.1, 0.15) is 0 Å². The Morgan fingerprint density at radius 1 is 0.275 bits per heavy atom. The summed E-state index contributed by atoms with van der Waals surface area (Å²) in [5, 5.41) is 2.42. The van der Waals surface area contributed by atoms with Crippen molar-refractivity contribution in [1.82, 2.24) is 0 Å². The van der Waals surface area contributed by atoms with Crippen molar-refractivity contribution in [3.8, 4) is 66.8 Å². The van der Waals surface area contributed by atoms with Crippen LogP contribution in [0.4, 0.5) is 17.1 Å². The first-order valence-electron chi connectivity index (χ1n) is 24.3. The standard InChI is InChI=1S/C68H47N/c1-67(2)60-27-12-8-20-52(60)56-40-35-47(43-64(56)67)46-33-38-49(39-34-46)69(48-36-31-45(32-37-48)44-17-4-3-5-18-44)65-42-41-51(50-19-6-7-24-57(50)65)58-25-16-26-59-55-23-11-15-30-63(55)68(66(58)59)61-28-13-9-21-53(61)54-22-10-14-29-62(54)68/h3-43H,1-2H3. The van der Waals surface area contributed by atoms with Gasteiger partial charge in [-0.25, -0.2) is 0 Å². The van der Waals surface area contributed by atoms with Gasteiger partial charge in [0.05, 0.1) is 11.1 Å². The maximum atomic E-state index is 2.45. The second-order valence-corrected chi connectivity index (χ2v) is 19.5. The molecule has 69 heavy (non-hydrogen) atoms. The second kappa shape index (κ2) is 15.0. The second-order valence-electron chi connectivity index (χ2n) is 19.5. The molecular weight excluding hydrogens is 831 g/mol. The molecule has 0 atom stereocenters. The lowest BCUT2D eigenvalue weighted by Crippen LogP contribution is -2.26. The molecule has 0 fully saturated rings. The summed E-state index contributed by atoms with van der Waals surface area (Å²) < 4.78 is 0. The third-order valence-corrected chi connectivity index (χ3v) is 15.7. The zero-order chi connectivity index (χ0) is 45.8. The Morgan fingerprint density at radius 2 is 0.681 bits per heavy atom. The van der Waals surface area contributed by atoms with Crippen LogP contribution < -0.4 is 4.90 Å². The molecule has 0 aliphatic heterocycles. The smallest absolute Gasteiger partial charge is 0.0731 e. The van der Waals surface area contributed by atoms with Crippen molar-refractivity contribution >= 4 is 27.8 Å². The van der Waals surface area contributed by atoms with Crippen LogP contribution in [0.5, 0.6) is 0 Å². The number of nitrogens with zero attached hydrogens (tertiary/aromatic N) is 1. The molecule has 0 saturated heterocycles. The largest absolute Gasteiger partial charge is 0.310 e. The van der Waals surface area contributed by atoms with Crippen LogP contribution in [-0.4, -0.2) is 0 Å². The van der Waals surface area contributed by atoms with E-state index in [1.54, 1.807) is 0 Å². The maximum Gasteiger partial charge on any atom is 0.0731 e. The lowest BCUT2D eigenvalue weighted by molar-refractivity contribution is 0.660. The zero-order valence-corrected chi connectivity index (χ0v) is 38.6. The van der Waals surface area contributed by atoms with E-state index in [4.69, 9.17) is 0 Å². The average molecular weight is 878 g/mol.